The van der Waals surface area contributed by atoms with E-state index in [2.05, 4.69) is 42.3 Å². The van der Waals surface area contributed by atoms with Crippen molar-refractivity contribution in [3.05, 3.63) is 34.9 Å². The van der Waals surface area contributed by atoms with Crippen LogP contribution in [0.15, 0.2) is 24.3 Å². The SMILES string of the molecule is CN(C)CCCNCCN(C)Cc1ccccc1Cl. The van der Waals surface area contributed by atoms with Crippen molar-refractivity contribution in [2.45, 2.75) is 13.0 Å². The zero-order valence-electron chi connectivity index (χ0n) is 12.3. The summed E-state index contributed by atoms with van der Waals surface area (Å²) in [6, 6.07) is 8.04. The highest BCUT2D eigenvalue weighted by molar-refractivity contribution is 6.31. The molecule has 0 aliphatic carbocycles. The molecule has 0 spiro atoms. The Labute approximate surface area is 122 Å². The van der Waals surface area contributed by atoms with Crippen LogP contribution in [0.4, 0.5) is 0 Å². The molecule has 1 aromatic carbocycles. The van der Waals surface area contributed by atoms with Gasteiger partial charge >= 0.3 is 0 Å². The van der Waals surface area contributed by atoms with Crippen molar-refractivity contribution in [1.82, 2.24) is 15.1 Å². The normalized spacial score (nSPS) is 11.5. The molecule has 19 heavy (non-hydrogen) atoms. The number of likely N-dealkylation sites (N-methyl/N-ethyl adjacent to an activating group) is 1. The second-order valence-corrected chi connectivity index (χ2v) is 5.64. The molecule has 1 N–H and O–H groups in total. The molecule has 0 fully saturated rings. The largest absolute Gasteiger partial charge is 0.315 e. The molecule has 108 valence electrons. The number of rotatable bonds is 9. The fourth-order valence-corrected chi connectivity index (χ4v) is 2.11. The zero-order chi connectivity index (χ0) is 14.1. The van der Waals surface area contributed by atoms with E-state index in [-0.39, 0.29) is 0 Å². The third-order valence-electron chi connectivity index (χ3n) is 3.03. The molecule has 1 aromatic rings. The number of nitrogens with one attached hydrogen (secondary N) is 1. The Morgan fingerprint density at radius 2 is 1.79 bits per heavy atom. The van der Waals surface area contributed by atoms with E-state index in [1.165, 1.54) is 12.0 Å². The van der Waals surface area contributed by atoms with Gasteiger partial charge in [0.15, 0.2) is 0 Å². The lowest BCUT2D eigenvalue weighted by Crippen LogP contribution is -2.30. The van der Waals surface area contributed by atoms with E-state index in [1.807, 2.05) is 18.2 Å². The van der Waals surface area contributed by atoms with Gasteiger partial charge in [-0.25, -0.2) is 0 Å². The minimum atomic E-state index is 0.855. The maximum atomic E-state index is 6.15. The molecule has 0 amide bonds. The van der Waals surface area contributed by atoms with Crippen molar-refractivity contribution in [3.63, 3.8) is 0 Å². The minimum Gasteiger partial charge on any atom is -0.315 e. The van der Waals surface area contributed by atoms with Crippen molar-refractivity contribution in [2.24, 2.45) is 0 Å². The third kappa shape index (κ3) is 7.53. The van der Waals surface area contributed by atoms with Crippen LogP contribution in [-0.4, -0.2) is 57.1 Å². The van der Waals surface area contributed by atoms with Crippen LogP contribution >= 0.6 is 11.6 Å². The standard InChI is InChI=1S/C15H26ClN3/c1-18(2)11-6-9-17-10-12-19(3)13-14-7-4-5-8-15(14)16/h4-5,7-8,17H,6,9-13H2,1-3H3. The highest BCUT2D eigenvalue weighted by atomic mass is 35.5. The monoisotopic (exact) mass is 283 g/mol. The predicted octanol–water partition coefficient (Wildman–Crippen LogP) is 2.31. The molecule has 0 bridgehead atoms. The molecular formula is C15H26ClN3. The third-order valence-corrected chi connectivity index (χ3v) is 3.40. The van der Waals surface area contributed by atoms with Crippen molar-refractivity contribution < 1.29 is 0 Å². The van der Waals surface area contributed by atoms with Gasteiger partial charge in [0.1, 0.15) is 0 Å². The van der Waals surface area contributed by atoms with Crippen LogP contribution in [0.25, 0.3) is 0 Å². The summed E-state index contributed by atoms with van der Waals surface area (Å²) in [6.45, 7) is 5.18. The van der Waals surface area contributed by atoms with Crippen LogP contribution in [0, 0.1) is 0 Å². The molecule has 0 unspecified atom stereocenters. The van der Waals surface area contributed by atoms with E-state index in [0.717, 1.165) is 37.7 Å². The number of hydrogen-bond donors (Lipinski definition) is 1. The average Bonchev–Trinajstić information content (AvgIpc) is 2.36. The summed E-state index contributed by atoms with van der Waals surface area (Å²) in [6.07, 6.45) is 1.20. The summed E-state index contributed by atoms with van der Waals surface area (Å²) < 4.78 is 0. The van der Waals surface area contributed by atoms with E-state index in [9.17, 15) is 0 Å². The zero-order valence-corrected chi connectivity index (χ0v) is 13.1. The lowest BCUT2D eigenvalue weighted by Gasteiger charge is -2.18. The molecule has 0 aliphatic heterocycles. The maximum absolute atomic E-state index is 6.15. The maximum Gasteiger partial charge on any atom is 0.0451 e. The molecule has 0 radical (unpaired) electrons. The van der Waals surface area contributed by atoms with Crippen molar-refractivity contribution in [1.29, 1.82) is 0 Å². The number of nitrogens with zero attached hydrogens (tertiary/aromatic N) is 2. The molecular weight excluding hydrogens is 258 g/mol. The highest BCUT2D eigenvalue weighted by Crippen LogP contribution is 2.15. The summed E-state index contributed by atoms with van der Waals surface area (Å²) in [5.41, 5.74) is 1.19. The van der Waals surface area contributed by atoms with E-state index >= 15 is 0 Å². The van der Waals surface area contributed by atoms with E-state index in [4.69, 9.17) is 11.6 Å². The second-order valence-electron chi connectivity index (χ2n) is 5.24. The van der Waals surface area contributed by atoms with Crippen LogP contribution in [0.5, 0.6) is 0 Å². The summed E-state index contributed by atoms with van der Waals surface area (Å²) in [7, 11) is 6.35. The first-order valence-electron chi connectivity index (χ1n) is 6.87. The molecule has 4 heteroatoms. The Hall–Kier alpha value is -0.610. The summed E-state index contributed by atoms with van der Waals surface area (Å²) in [5.74, 6) is 0. The van der Waals surface area contributed by atoms with Gasteiger partial charge in [-0.15, -0.1) is 0 Å². The van der Waals surface area contributed by atoms with E-state index in [1.54, 1.807) is 0 Å². The fraction of sp³-hybridized carbons (Fsp3) is 0.600. The van der Waals surface area contributed by atoms with Gasteiger partial charge in [0.25, 0.3) is 0 Å². The van der Waals surface area contributed by atoms with Gasteiger partial charge in [-0.1, -0.05) is 29.8 Å². The minimum absolute atomic E-state index is 0.855. The van der Waals surface area contributed by atoms with Gasteiger partial charge in [-0.3, -0.25) is 0 Å². The lowest BCUT2D eigenvalue weighted by atomic mass is 10.2. The smallest absolute Gasteiger partial charge is 0.0451 e. The van der Waals surface area contributed by atoms with Gasteiger partial charge in [0.2, 0.25) is 0 Å². The van der Waals surface area contributed by atoms with Gasteiger partial charge in [0.05, 0.1) is 0 Å². The van der Waals surface area contributed by atoms with Crippen LogP contribution in [-0.2, 0) is 6.54 Å². The molecule has 3 nitrogen and oxygen atoms in total. The number of halogens is 1. The molecule has 1 rings (SSSR count). The Balaban J connectivity index is 2.11. The summed E-state index contributed by atoms with van der Waals surface area (Å²) >= 11 is 6.15. The lowest BCUT2D eigenvalue weighted by molar-refractivity contribution is 0.321. The van der Waals surface area contributed by atoms with E-state index < -0.39 is 0 Å². The highest BCUT2D eigenvalue weighted by Gasteiger charge is 2.03. The number of hydrogen-bond acceptors (Lipinski definition) is 3. The van der Waals surface area contributed by atoms with E-state index in [0.29, 0.717) is 0 Å². The van der Waals surface area contributed by atoms with Crippen molar-refractivity contribution in [2.75, 3.05) is 47.3 Å². The molecule has 0 atom stereocenters. The van der Waals surface area contributed by atoms with Gasteiger partial charge in [-0.2, -0.15) is 0 Å². The molecule has 0 heterocycles. The van der Waals surface area contributed by atoms with Gasteiger partial charge < -0.3 is 15.1 Å². The van der Waals surface area contributed by atoms with Crippen LogP contribution in [0.3, 0.4) is 0 Å². The second kappa shape index (κ2) is 9.32. The summed E-state index contributed by atoms with van der Waals surface area (Å²) in [5, 5.41) is 4.33. The van der Waals surface area contributed by atoms with Crippen molar-refractivity contribution >= 4 is 11.6 Å². The molecule has 0 saturated carbocycles. The molecule has 0 aliphatic rings. The Morgan fingerprint density at radius 1 is 1.05 bits per heavy atom. The van der Waals surface area contributed by atoms with Crippen molar-refractivity contribution in [3.8, 4) is 0 Å². The quantitative estimate of drug-likeness (QED) is 0.702. The van der Waals surface area contributed by atoms with Crippen LogP contribution < -0.4 is 5.32 Å². The van der Waals surface area contributed by atoms with Gasteiger partial charge in [-0.05, 0) is 52.3 Å². The average molecular weight is 284 g/mol. The topological polar surface area (TPSA) is 18.5 Å². The first kappa shape index (κ1) is 16.4. The molecule has 0 aromatic heterocycles. The van der Waals surface area contributed by atoms with Gasteiger partial charge in [0, 0.05) is 24.7 Å². The van der Waals surface area contributed by atoms with Crippen LogP contribution in [0.1, 0.15) is 12.0 Å². The summed E-state index contributed by atoms with van der Waals surface area (Å²) in [4.78, 5) is 4.51. The first-order chi connectivity index (χ1) is 9.09. The van der Waals surface area contributed by atoms with Crippen LogP contribution in [0.2, 0.25) is 5.02 Å². The predicted molar refractivity (Wildman–Crippen MR) is 83.8 cm³/mol. The molecule has 0 saturated heterocycles. The Kier molecular flexibility index (Phi) is 8.07. The number of benzene rings is 1. The Bertz CT molecular complexity index is 355. The Morgan fingerprint density at radius 3 is 2.47 bits per heavy atom. The first-order valence-corrected chi connectivity index (χ1v) is 7.25. The fourth-order valence-electron chi connectivity index (χ4n) is 1.91.